The van der Waals surface area contributed by atoms with Gasteiger partial charge in [-0.05, 0) is 25.0 Å². The highest BCUT2D eigenvalue weighted by Crippen LogP contribution is 2.37. The number of piperidine rings is 1. The number of hydrogen-bond donors (Lipinski definition) is 1. The smallest absolute Gasteiger partial charge is 0.246 e. The molecule has 0 spiro atoms. The summed E-state index contributed by atoms with van der Waals surface area (Å²) >= 11 is 6.13. The molecule has 1 aliphatic rings. The van der Waals surface area contributed by atoms with Gasteiger partial charge in [0.2, 0.25) is 15.9 Å². The van der Waals surface area contributed by atoms with Crippen molar-refractivity contribution in [3.8, 4) is 23.0 Å². The quantitative estimate of drug-likeness (QED) is 0.594. The first-order valence-electron chi connectivity index (χ1n) is 10.2. The van der Waals surface area contributed by atoms with E-state index in [4.69, 9.17) is 30.5 Å². The zero-order valence-corrected chi connectivity index (χ0v) is 20.5. The summed E-state index contributed by atoms with van der Waals surface area (Å²) in [5.41, 5.74) is 0.387. The first-order valence-corrected chi connectivity index (χ1v) is 12.0. The molecule has 33 heavy (non-hydrogen) atoms. The Bertz CT molecular complexity index is 1120. The van der Waals surface area contributed by atoms with Crippen molar-refractivity contribution >= 4 is 33.2 Å². The van der Waals surface area contributed by atoms with Crippen molar-refractivity contribution in [2.45, 2.75) is 17.7 Å². The van der Waals surface area contributed by atoms with Crippen LogP contribution in [0.25, 0.3) is 0 Å². The average molecular weight is 499 g/mol. The lowest BCUT2D eigenvalue weighted by atomic mass is 9.98. The molecule has 9 nitrogen and oxygen atoms in total. The number of nitrogens with one attached hydrogen (secondary N) is 1. The van der Waals surface area contributed by atoms with E-state index in [2.05, 4.69) is 5.32 Å². The van der Waals surface area contributed by atoms with Gasteiger partial charge >= 0.3 is 0 Å². The summed E-state index contributed by atoms with van der Waals surface area (Å²) in [6.45, 7) is 0.326. The van der Waals surface area contributed by atoms with Gasteiger partial charge in [-0.15, -0.1) is 0 Å². The van der Waals surface area contributed by atoms with Crippen LogP contribution in [0, 0.1) is 5.92 Å². The van der Waals surface area contributed by atoms with Crippen molar-refractivity contribution in [3.63, 3.8) is 0 Å². The van der Waals surface area contributed by atoms with Crippen LogP contribution >= 0.6 is 11.6 Å². The maximum atomic E-state index is 13.4. The van der Waals surface area contributed by atoms with E-state index >= 15 is 0 Å². The van der Waals surface area contributed by atoms with Gasteiger partial charge in [-0.3, -0.25) is 4.79 Å². The third-order valence-corrected chi connectivity index (χ3v) is 7.66. The summed E-state index contributed by atoms with van der Waals surface area (Å²) in [5, 5.41) is 3.16. The molecule has 1 N–H and O–H groups in total. The van der Waals surface area contributed by atoms with Gasteiger partial charge in [0.15, 0.2) is 0 Å². The van der Waals surface area contributed by atoms with Gasteiger partial charge in [-0.1, -0.05) is 11.6 Å². The molecule has 1 aliphatic heterocycles. The molecule has 0 bridgehead atoms. The van der Waals surface area contributed by atoms with Crippen LogP contribution in [0.4, 0.5) is 5.69 Å². The number of rotatable bonds is 8. The fraction of sp³-hybridized carbons (Fsp3) is 0.409. The highest BCUT2D eigenvalue weighted by atomic mass is 35.5. The number of carbonyl (C=O) groups is 1. The standard InChI is InChI=1S/C22H27ClN2O7S/c1-29-15-7-8-18(30-2)21(10-15)33(27,28)25-9-5-6-14(13-25)22(26)24-17-12-19(31-3)16(23)11-20(17)32-4/h7-8,10-12,14H,5-6,9,13H2,1-4H3,(H,24,26)/t14-/m1/s1. The van der Waals surface area contributed by atoms with E-state index in [1.165, 1.54) is 38.8 Å². The summed E-state index contributed by atoms with van der Waals surface area (Å²) in [6.07, 6.45) is 1.07. The van der Waals surface area contributed by atoms with Crippen LogP contribution in [0.15, 0.2) is 35.2 Å². The molecule has 0 unspecified atom stereocenters. The Morgan fingerprint density at radius 1 is 1.00 bits per heavy atom. The van der Waals surface area contributed by atoms with Crippen molar-refractivity contribution in [2.75, 3.05) is 46.8 Å². The Morgan fingerprint density at radius 3 is 2.33 bits per heavy atom. The second-order valence-corrected chi connectivity index (χ2v) is 9.71. The Morgan fingerprint density at radius 2 is 1.70 bits per heavy atom. The van der Waals surface area contributed by atoms with E-state index in [9.17, 15) is 13.2 Å². The van der Waals surface area contributed by atoms with Gasteiger partial charge in [0.1, 0.15) is 27.9 Å². The van der Waals surface area contributed by atoms with Crippen molar-refractivity contribution in [2.24, 2.45) is 5.92 Å². The Balaban J connectivity index is 1.83. The van der Waals surface area contributed by atoms with Crippen LogP contribution in [-0.2, 0) is 14.8 Å². The number of sulfonamides is 1. The van der Waals surface area contributed by atoms with Crippen LogP contribution in [-0.4, -0.2) is 60.2 Å². The van der Waals surface area contributed by atoms with Crippen LogP contribution in [0.2, 0.25) is 5.02 Å². The average Bonchev–Trinajstić information content (AvgIpc) is 2.84. The highest BCUT2D eigenvalue weighted by molar-refractivity contribution is 7.89. The fourth-order valence-corrected chi connectivity index (χ4v) is 5.62. The molecule has 1 heterocycles. The summed E-state index contributed by atoms with van der Waals surface area (Å²) in [7, 11) is 1.87. The summed E-state index contributed by atoms with van der Waals surface area (Å²) in [5.74, 6) is 0.470. The number of halogens is 1. The van der Waals surface area contributed by atoms with Crippen molar-refractivity contribution in [3.05, 3.63) is 35.4 Å². The third-order valence-electron chi connectivity index (χ3n) is 5.48. The molecule has 1 fully saturated rings. The lowest BCUT2D eigenvalue weighted by Gasteiger charge is -2.31. The molecule has 180 valence electrons. The van der Waals surface area contributed by atoms with E-state index in [0.717, 1.165) is 0 Å². The molecule has 11 heteroatoms. The summed E-state index contributed by atoms with van der Waals surface area (Å²) in [6, 6.07) is 7.70. The number of hydrogen-bond acceptors (Lipinski definition) is 7. The molecule has 1 saturated heterocycles. The largest absolute Gasteiger partial charge is 0.497 e. The first kappa shape index (κ1) is 24.9. The van der Waals surface area contributed by atoms with E-state index in [0.29, 0.717) is 47.3 Å². The third kappa shape index (κ3) is 5.29. The van der Waals surface area contributed by atoms with E-state index in [-0.39, 0.29) is 23.1 Å². The minimum absolute atomic E-state index is 0.00508. The molecule has 2 aromatic carbocycles. The predicted molar refractivity (Wildman–Crippen MR) is 124 cm³/mol. The molecular weight excluding hydrogens is 472 g/mol. The SMILES string of the molecule is COc1ccc(OC)c(S(=O)(=O)N2CCC[C@@H](C(=O)Nc3cc(OC)c(Cl)cc3OC)C2)c1. The number of ether oxygens (including phenoxy) is 4. The molecule has 3 rings (SSSR count). The molecule has 0 aromatic heterocycles. The van der Waals surface area contributed by atoms with Crippen molar-refractivity contribution < 1.29 is 32.2 Å². The molecule has 0 radical (unpaired) electrons. The number of methoxy groups -OCH3 is 4. The number of amides is 1. The van der Waals surface area contributed by atoms with Crippen molar-refractivity contribution in [1.29, 1.82) is 0 Å². The van der Waals surface area contributed by atoms with E-state index in [1.807, 2.05) is 0 Å². The number of anilines is 1. The number of carbonyl (C=O) groups excluding carboxylic acids is 1. The molecule has 1 amide bonds. The zero-order valence-electron chi connectivity index (χ0n) is 18.9. The molecule has 1 atom stereocenters. The minimum Gasteiger partial charge on any atom is -0.497 e. The molecular formula is C22H27ClN2O7S. The van der Waals surface area contributed by atoms with Crippen LogP contribution in [0.3, 0.4) is 0 Å². The van der Waals surface area contributed by atoms with Crippen LogP contribution in [0.5, 0.6) is 23.0 Å². The summed E-state index contributed by atoms with van der Waals surface area (Å²) < 4.78 is 49.0. The van der Waals surface area contributed by atoms with Crippen LogP contribution in [0.1, 0.15) is 12.8 Å². The highest BCUT2D eigenvalue weighted by Gasteiger charge is 2.35. The lowest BCUT2D eigenvalue weighted by molar-refractivity contribution is -0.120. The first-order chi connectivity index (χ1) is 15.7. The number of nitrogens with zero attached hydrogens (tertiary/aromatic N) is 1. The molecule has 2 aromatic rings. The lowest BCUT2D eigenvalue weighted by Crippen LogP contribution is -2.43. The van der Waals surface area contributed by atoms with E-state index < -0.39 is 15.9 Å². The van der Waals surface area contributed by atoms with Crippen molar-refractivity contribution in [1.82, 2.24) is 4.31 Å². The monoisotopic (exact) mass is 498 g/mol. The zero-order chi connectivity index (χ0) is 24.2. The second-order valence-electron chi connectivity index (χ2n) is 7.40. The minimum atomic E-state index is -3.92. The topological polar surface area (TPSA) is 103 Å². The van der Waals surface area contributed by atoms with Gasteiger partial charge in [0, 0.05) is 31.3 Å². The summed E-state index contributed by atoms with van der Waals surface area (Å²) in [4.78, 5) is 13.0. The molecule has 0 saturated carbocycles. The Hall–Kier alpha value is -2.69. The predicted octanol–water partition coefficient (Wildman–Crippen LogP) is 3.41. The Kier molecular flexibility index (Phi) is 7.93. The van der Waals surface area contributed by atoms with Gasteiger partial charge in [0.25, 0.3) is 0 Å². The normalized spacial score (nSPS) is 16.7. The van der Waals surface area contributed by atoms with Gasteiger partial charge in [-0.2, -0.15) is 4.31 Å². The van der Waals surface area contributed by atoms with Gasteiger partial charge < -0.3 is 24.3 Å². The maximum absolute atomic E-state index is 13.4. The van der Waals surface area contributed by atoms with Crippen LogP contribution < -0.4 is 24.3 Å². The fourth-order valence-electron chi connectivity index (χ4n) is 3.69. The molecule has 0 aliphatic carbocycles. The van der Waals surface area contributed by atoms with Gasteiger partial charge in [-0.25, -0.2) is 8.42 Å². The Labute approximate surface area is 198 Å². The van der Waals surface area contributed by atoms with E-state index in [1.54, 1.807) is 24.3 Å². The van der Waals surface area contributed by atoms with Gasteiger partial charge in [0.05, 0.1) is 45.1 Å². The number of benzene rings is 2. The maximum Gasteiger partial charge on any atom is 0.246 e. The second kappa shape index (κ2) is 10.5.